The SMILES string of the molecule is O=C(O)c1ccnn(-c2ccc(Br)cc2)c1=O. The molecular formula is C11H7BrN2O3. The number of hydrogen-bond acceptors (Lipinski definition) is 3. The number of carboxylic acid groups (broad SMARTS) is 1. The molecule has 0 spiro atoms. The van der Waals surface area contributed by atoms with Gasteiger partial charge in [-0.15, -0.1) is 0 Å². The van der Waals surface area contributed by atoms with E-state index in [-0.39, 0.29) is 5.56 Å². The second kappa shape index (κ2) is 4.50. The highest BCUT2D eigenvalue weighted by atomic mass is 79.9. The maximum Gasteiger partial charge on any atom is 0.341 e. The lowest BCUT2D eigenvalue weighted by Gasteiger charge is -2.04. The Morgan fingerprint density at radius 2 is 1.88 bits per heavy atom. The quantitative estimate of drug-likeness (QED) is 0.915. The zero-order valence-corrected chi connectivity index (χ0v) is 10.1. The first-order valence-electron chi connectivity index (χ1n) is 4.67. The molecule has 0 aliphatic rings. The van der Waals surface area contributed by atoms with E-state index >= 15 is 0 Å². The van der Waals surface area contributed by atoms with Crippen LogP contribution >= 0.6 is 15.9 Å². The Morgan fingerprint density at radius 1 is 1.24 bits per heavy atom. The molecule has 2 aromatic rings. The van der Waals surface area contributed by atoms with Crippen molar-refractivity contribution >= 4 is 21.9 Å². The van der Waals surface area contributed by atoms with Gasteiger partial charge in [0.15, 0.2) is 0 Å². The van der Waals surface area contributed by atoms with E-state index in [1.165, 1.54) is 12.3 Å². The van der Waals surface area contributed by atoms with Crippen molar-refractivity contribution in [1.29, 1.82) is 0 Å². The summed E-state index contributed by atoms with van der Waals surface area (Å²) in [6, 6.07) is 8.02. The number of carboxylic acids is 1. The minimum absolute atomic E-state index is 0.303. The number of carbonyl (C=O) groups is 1. The molecule has 0 aliphatic heterocycles. The van der Waals surface area contributed by atoms with Gasteiger partial charge in [-0.05, 0) is 30.3 Å². The monoisotopic (exact) mass is 294 g/mol. The summed E-state index contributed by atoms with van der Waals surface area (Å²) >= 11 is 3.27. The van der Waals surface area contributed by atoms with Crippen LogP contribution in [-0.2, 0) is 0 Å². The molecule has 86 valence electrons. The molecule has 17 heavy (non-hydrogen) atoms. The van der Waals surface area contributed by atoms with E-state index in [0.717, 1.165) is 9.15 Å². The van der Waals surface area contributed by atoms with E-state index in [1.807, 2.05) is 0 Å². The minimum Gasteiger partial charge on any atom is -0.477 e. The van der Waals surface area contributed by atoms with E-state index in [0.29, 0.717) is 5.69 Å². The van der Waals surface area contributed by atoms with Crippen molar-refractivity contribution in [2.24, 2.45) is 0 Å². The molecule has 0 amide bonds. The summed E-state index contributed by atoms with van der Waals surface area (Å²) in [7, 11) is 0. The Balaban J connectivity index is 2.61. The summed E-state index contributed by atoms with van der Waals surface area (Å²) in [5.74, 6) is -1.26. The van der Waals surface area contributed by atoms with Gasteiger partial charge < -0.3 is 5.11 Å². The fourth-order valence-electron chi connectivity index (χ4n) is 1.34. The van der Waals surface area contributed by atoms with Crippen LogP contribution in [-0.4, -0.2) is 20.9 Å². The molecule has 1 aromatic heterocycles. The van der Waals surface area contributed by atoms with Gasteiger partial charge in [-0.25, -0.2) is 4.79 Å². The van der Waals surface area contributed by atoms with Crippen molar-refractivity contribution in [1.82, 2.24) is 9.78 Å². The summed E-state index contributed by atoms with van der Waals surface area (Å²) in [5, 5.41) is 12.7. The molecule has 0 saturated carbocycles. The number of benzene rings is 1. The maximum absolute atomic E-state index is 11.8. The number of nitrogens with zero attached hydrogens (tertiary/aromatic N) is 2. The molecule has 0 fully saturated rings. The van der Waals surface area contributed by atoms with Gasteiger partial charge in [0, 0.05) is 10.7 Å². The van der Waals surface area contributed by atoms with Crippen molar-refractivity contribution in [3.05, 3.63) is 56.9 Å². The first-order valence-corrected chi connectivity index (χ1v) is 5.46. The van der Waals surface area contributed by atoms with Crippen LogP contribution in [0.3, 0.4) is 0 Å². The van der Waals surface area contributed by atoms with Gasteiger partial charge in [-0.2, -0.15) is 9.78 Å². The molecule has 2 rings (SSSR count). The van der Waals surface area contributed by atoms with Crippen LogP contribution < -0.4 is 5.56 Å². The smallest absolute Gasteiger partial charge is 0.341 e. The zero-order valence-electron chi connectivity index (χ0n) is 8.50. The second-order valence-corrected chi connectivity index (χ2v) is 4.16. The first kappa shape index (κ1) is 11.5. The molecule has 1 N–H and O–H groups in total. The molecule has 6 heteroatoms. The van der Waals surface area contributed by atoms with Crippen molar-refractivity contribution < 1.29 is 9.90 Å². The number of halogens is 1. The standard InChI is InChI=1S/C11H7BrN2O3/c12-7-1-3-8(4-2-7)14-10(15)9(11(16)17)5-6-13-14/h1-6H,(H,16,17). The van der Waals surface area contributed by atoms with E-state index in [4.69, 9.17) is 5.11 Å². The average molecular weight is 295 g/mol. The number of aromatic carboxylic acids is 1. The van der Waals surface area contributed by atoms with Crippen LogP contribution in [0.4, 0.5) is 0 Å². The van der Waals surface area contributed by atoms with Crippen molar-refractivity contribution in [2.45, 2.75) is 0 Å². The number of aromatic nitrogens is 2. The van der Waals surface area contributed by atoms with Crippen LogP contribution in [0.2, 0.25) is 0 Å². The van der Waals surface area contributed by atoms with Crippen molar-refractivity contribution in [2.75, 3.05) is 0 Å². The fourth-order valence-corrected chi connectivity index (χ4v) is 1.61. The normalized spacial score (nSPS) is 10.2. The molecule has 5 nitrogen and oxygen atoms in total. The number of hydrogen-bond donors (Lipinski definition) is 1. The Bertz CT molecular complexity index is 619. The second-order valence-electron chi connectivity index (χ2n) is 3.24. The predicted octanol–water partition coefficient (Wildman–Crippen LogP) is 1.69. The molecule has 0 atom stereocenters. The summed E-state index contributed by atoms with van der Waals surface area (Å²) in [6.07, 6.45) is 1.28. The molecule has 0 radical (unpaired) electrons. The summed E-state index contributed by atoms with van der Waals surface area (Å²) in [6.45, 7) is 0. The summed E-state index contributed by atoms with van der Waals surface area (Å²) in [4.78, 5) is 22.6. The number of rotatable bonds is 2. The molecule has 1 heterocycles. The molecule has 1 aromatic carbocycles. The third-order valence-corrected chi connectivity index (χ3v) is 2.68. The van der Waals surface area contributed by atoms with Crippen LogP contribution in [0.25, 0.3) is 5.69 Å². The van der Waals surface area contributed by atoms with Crippen LogP contribution in [0.1, 0.15) is 10.4 Å². The lowest BCUT2D eigenvalue weighted by Crippen LogP contribution is -2.26. The third kappa shape index (κ3) is 2.26. The van der Waals surface area contributed by atoms with Gasteiger partial charge in [0.25, 0.3) is 5.56 Å². The van der Waals surface area contributed by atoms with E-state index < -0.39 is 11.5 Å². The topological polar surface area (TPSA) is 72.2 Å². The van der Waals surface area contributed by atoms with E-state index in [1.54, 1.807) is 24.3 Å². The predicted molar refractivity (Wildman–Crippen MR) is 64.5 cm³/mol. The van der Waals surface area contributed by atoms with E-state index in [2.05, 4.69) is 21.0 Å². The molecular weight excluding hydrogens is 288 g/mol. The average Bonchev–Trinajstić information content (AvgIpc) is 2.30. The lowest BCUT2D eigenvalue weighted by molar-refractivity contribution is 0.0694. The Labute approximate surface area is 104 Å². The van der Waals surface area contributed by atoms with Crippen molar-refractivity contribution in [3.8, 4) is 5.69 Å². The molecule has 0 aliphatic carbocycles. The molecule has 0 bridgehead atoms. The van der Waals surface area contributed by atoms with Gasteiger partial charge in [-0.3, -0.25) is 4.79 Å². The maximum atomic E-state index is 11.8. The highest BCUT2D eigenvalue weighted by Gasteiger charge is 2.11. The largest absolute Gasteiger partial charge is 0.477 e. The van der Waals surface area contributed by atoms with Crippen molar-refractivity contribution in [3.63, 3.8) is 0 Å². The first-order chi connectivity index (χ1) is 8.09. The third-order valence-electron chi connectivity index (χ3n) is 2.15. The minimum atomic E-state index is -1.26. The highest BCUT2D eigenvalue weighted by Crippen LogP contribution is 2.12. The molecule has 0 unspecified atom stereocenters. The Kier molecular flexibility index (Phi) is 3.06. The Hall–Kier alpha value is -1.95. The molecule has 0 saturated heterocycles. The summed E-state index contributed by atoms with van der Waals surface area (Å²) < 4.78 is 1.92. The van der Waals surface area contributed by atoms with Gasteiger partial charge in [0.2, 0.25) is 0 Å². The fraction of sp³-hybridized carbons (Fsp3) is 0. The zero-order chi connectivity index (χ0) is 12.4. The lowest BCUT2D eigenvalue weighted by atomic mass is 10.3. The van der Waals surface area contributed by atoms with Crippen LogP contribution in [0.15, 0.2) is 45.8 Å². The highest BCUT2D eigenvalue weighted by molar-refractivity contribution is 9.10. The summed E-state index contributed by atoms with van der Waals surface area (Å²) in [5.41, 5.74) is -0.438. The van der Waals surface area contributed by atoms with Gasteiger partial charge >= 0.3 is 5.97 Å². The van der Waals surface area contributed by atoms with Gasteiger partial charge in [0.1, 0.15) is 5.56 Å². The van der Waals surface area contributed by atoms with E-state index in [9.17, 15) is 9.59 Å². The van der Waals surface area contributed by atoms with Gasteiger partial charge in [0.05, 0.1) is 5.69 Å². The Morgan fingerprint density at radius 3 is 2.47 bits per heavy atom. The van der Waals surface area contributed by atoms with Crippen LogP contribution in [0, 0.1) is 0 Å². The van der Waals surface area contributed by atoms with Gasteiger partial charge in [-0.1, -0.05) is 15.9 Å². The van der Waals surface area contributed by atoms with Crippen LogP contribution in [0.5, 0.6) is 0 Å².